The van der Waals surface area contributed by atoms with E-state index in [0.29, 0.717) is 0 Å². The van der Waals surface area contributed by atoms with Crippen LogP contribution in [0.25, 0.3) is 22.6 Å². The Hall–Kier alpha value is -2.35. The van der Waals surface area contributed by atoms with Gasteiger partial charge in [0.1, 0.15) is 0 Å². The molecule has 2 heterocycles. The molecule has 0 saturated heterocycles. The fourth-order valence-electron chi connectivity index (χ4n) is 2.74. The Balaban J connectivity index is 2.36. The Morgan fingerprint density at radius 1 is 1.19 bits per heavy atom. The molecular formula is C19H20N2. The summed E-state index contributed by atoms with van der Waals surface area (Å²) in [5, 5.41) is 0. The van der Waals surface area contributed by atoms with Crippen LogP contribution in [-0.2, 0) is 7.05 Å². The van der Waals surface area contributed by atoms with Gasteiger partial charge >= 0.3 is 0 Å². The van der Waals surface area contributed by atoms with E-state index in [1.807, 2.05) is 0 Å². The van der Waals surface area contributed by atoms with E-state index in [1.165, 1.54) is 33.8 Å². The standard InChI is InChI=1S/C19H20N2/c1-5-14(2)17-13-21(18-11-7-6-9-15(18)3)19-16(17)10-8-12-20(19)4/h5-12H,1-4H3. The summed E-state index contributed by atoms with van der Waals surface area (Å²) in [5.41, 5.74) is 6.09. The zero-order valence-corrected chi connectivity index (χ0v) is 13.0. The van der Waals surface area contributed by atoms with Crippen molar-refractivity contribution in [2.45, 2.75) is 20.8 Å². The Morgan fingerprint density at radius 2 is 1.95 bits per heavy atom. The number of pyridine rings is 1. The zero-order chi connectivity index (χ0) is 15.0. The maximum absolute atomic E-state index is 3.57. The Kier molecular flexibility index (Phi) is 3.38. The first-order chi connectivity index (χ1) is 10.1. The fraction of sp³-hybridized carbons (Fsp3) is 0.211. The van der Waals surface area contributed by atoms with Crippen LogP contribution >= 0.6 is 0 Å². The van der Waals surface area contributed by atoms with E-state index >= 15 is 0 Å². The van der Waals surface area contributed by atoms with Crippen LogP contribution in [0.2, 0.25) is 0 Å². The maximum atomic E-state index is 3.57. The third kappa shape index (κ3) is 2.17. The molecule has 106 valence electrons. The second-order valence-electron chi connectivity index (χ2n) is 5.44. The Labute approximate surface area is 126 Å². The summed E-state index contributed by atoms with van der Waals surface area (Å²) < 4.78 is 4.33. The SMILES string of the molecule is CC=C(C)c1[c-][n+](-c2ccccc2C)c2n(C)cccc1-2. The number of rotatable bonds is 2. The second kappa shape index (κ2) is 5.21. The minimum Gasteiger partial charge on any atom is -0.298 e. The summed E-state index contributed by atoms with van der Waals surface area (Å²) in [5.74, 6) is 1.17. The van der Waals surface area contributed by atoms with Gasteiger partial charge in [0.15, 0.2) is 5.82 Å². The van der Waals surface area contributed by atoms with Crippen molar-refractivity contribution in [3.63, 3.8) is 0 Å². The predicted molar refractivity (Wildman–Crippen MR) is 86.5 cm³/mol. The molecule has 2 aliphatic rings. The van der Waals surface area contributed by atoms with Crippen LogP contribution in [0.5, 0.6) is 0 Å². The van der Waals surface area contributed by atoms with Crippen molar-refractivity contribution in [3.8, 4) is 17.1 Å². The summed E-state index contributed by atoms with van der Waals surface area (Å²) in [4.78, 5) is 0. The normalized spacial score (nSPS) is 12.1. The van der Waals surface area contributed by atoms with Gasteiger partial charge < -0.3 is 0 Å². The van der Waals surface area contributed by atoms with Gasteiger partial charge in [-0.2, -0.15) is 0 Å². The van der Waals surface area contributed by atoms with E-state index in [9.17, 15) is 0 Å². The van der Waals surface area contributed by atoms with Crippen molar-refractivity contribution in [2.24, 2.45) is 7.05 Å². The number of nitrogens with zero attached hydrogens (tertiary/aromatic N) is 2. The molecule has 0 bridgehead atoms. The molecule has 2 aliphatic heterocycles. The summed E-state index contributed by atoms with van der Waals surface area (Å²) in [6, 6.07) is 12.7. The average molecular weight is 276 g/mol. The highest BCUT2D eigenvalue weighted by Crippen LogP contribution is 2.29. The van der Waals surface area contributed by atoms with Crippen molar-refractivity contribution >= 4 is 5.57 Å². The third-order valence-electron chi connectivity index (χ3n) is 4.04. The summed E-state index contributed by atoms with van der Waals surface area (Å²) >= 11 is 0. The Morgan fingerprint density at radius 3 is 2.67 bits per heavy atom. The predicted octanol–water partition coefficient (Wildman–Crippen LogP) is 3.94. The van der Waals surface area contributed by atoms with E-state index in [1.54, 1.807) is 0 Å². The van der Waals surface area contributed by atoms with E-state index in [2.05, 4.69) is 91.8 Å². The van der Waals surface area contributed by atoms with Crippen LogP contribution in [0, 0.1) is 13.1 Å². The van der Waals surface area contributed by atoms with Crippen molar-refractivity contribution in [2.75, 3.05) is 0 Å². The molecule has 0 radical (unpaired) electrons. The van der Waals surface area contributed by atoms with Gasteiger partial charge in [0.25, 0.3) is 0 Å². The lowest BCUT2D eigenvalue weighted by Gasteiger charge is -2.12. The highest BCUT2D eigenvalue weighted by Gasteiger charge is 2.19. The van der Waals surface area contributed by atoms with Gasteiger partial charge in [-0.1, -0.05) is 43.7 Å². The number of allylic oxidation sites excluding steroid dienone is 2. The van der Waals surface area contributed by atoms with Crippen LogP contribution in [0.15, 0.2) is 48.7 Å². The van der Waals surface area contributed by atoms with Crippen molar-refractivity contribution in [1.29, 1.82) is 0 Å². The van der Waals surface area contributed by atoms with Crippen LogP contribution in [0.1, 0.15) is 25.0 Å². The second-order valence-corrected chi connectivity index (χ2v) is 5.44. The summed E-state index contributed by atoms with van der Waals surface area (Å²) in [6.45, 7) is 6.35. The van der Waals surface area contributed by atoms with E-state index in [-0.39, 0.29) is 0 Å². The molecule has 0 N–H and O–H groups in total. The van der Waals surface area contributed by atoms with E-state index in [0.717, 1.165) is 0 Å². The molecule has 0 aliphatic carbocycles. The summed E-state index contributed by atoms with van der Waals surface area (Å²) in [6.07, 6.45) is 7.79. The van der Waals surface area contributed by atoms with E-state index < -0.39 is 0 Å². The number of hydrogen-bond acceptors (Lipinski definition) is 0. The van der Waals surface area contributed by atoms with Gasteiger partial charge in [-0.3, -0.25) is 9.13 Å². The number of benzene rings is 1. The molecule has 21 heavy (non-hydrogen) atoms. The van der Waals surface area contributed by atoms with Gasteiger partial charge in [-0.05, 0) is 30.2 Å². The lowest BCUT2D eigenvalue weighted by atomic mass is 10.0. The van der Waals surface area contributed by atoms with Gasteiger partial charge in [0.2, 0.25) is 0 Å². The number of aromatic nitrogens is 2. The minimum atomic E-state index is 1.17. The highest BCUT2D eigenvalue weighted by atomic mass is 15.1. The number of para-hydroxylation sites is 1. The first-order valence-electron chi connectivity index (χ1n) is 7.25. The Bertz CT molecular complexity index is 793. The molecule has 0 aromatic heterocycles. The van der Waals surface area contributed by atoms with Crippen molar-refractivity contribution < 1.29 is 4.57 Å². The van der Waals surface area contributed by atoms with Crippen molar-refractivity contribution in [1.82, 2.24) is 4.57 Å². The number of fused-ring (bicyclic) bond motifs is 1. The largest absolute Gasteiger partial charge is 0.298 e. The van der Waals surface area contributed by atoms with E-state index in [4.69, 9.17) is 0 Å². The molecule has 0 spiro atoms. The van der Waals surface area contributed by atoms with Crippen LogP contribution < -0.4 is 4.57 Å². The minimum absolute atomic E-state index is 1.17. The van der Waals surface area contributed by atoms with Gasteiger partial charge in [-0.15, -0.1) is 11.6 Å². The molecule has 1 aromatic carbocycles. The van der Waals surface area contributed by atoms with Gasteiger partial charge in [0.05, 0.1) is 25.1 Å². The molecule has 0 amide bonds. The molecule has 0 unspecified atom stereocenters. The molecule has 0 saturated carbocycles. The topological polar surface area (TPSA) is 8.81 Å². The molecule has 0 fully saturated rings. The third-order valence-corrected chi connectivity index (χ3v) is 4.04. The lowest BCUT2D eigenvalue weighted by Crippen LogP contribution is -2.34. The van der Waals surface area contributed by atoms with Gasteiger partial charge in [-0.25, -0.2) is 0 Å². The fourth-order valence-corrected chi connectivity index (χ4v) is 2.74. The highest BCUT2D eigenvalue weighted by molar-refractivity contribution is 5.77. The molecule has 3 rings (SSSR count). The van der Waals surface area contributed by atoms with Crippen LogP contribution in [0.4, 0.5) is 0 Å². The number of hydrogen-bond donors (Lipinski definition) is 0. The molecule has 0 atom stereocenters. The zero-order valence-electron chi connectivity index (χ0n) is 13.0. The smallest absolute Gasteiger partial charge is 0.196 e. The summed E-state index contributed by atoms with van der Waals surface area (Å²) in [7, 11) is 2.08. The molecule has 1 aromatic rings. The number of aryl methyl sites for hydroxylation is 2. The van der Waals surface area contributed by atoms with Crippen LogP contribution in [0.3, 0.4) is 0 Å². The maximum Gasteiger partial charge on any atom is 0.196 e. The van der Waals surface area contributed by atoms with Gasteiger partial charge in [0, 0.05) is 0 Å². The van der Waals surface area contributed by atoms with Crippen molar-refractivity contribution in [3.05, 3.63) is 66.0 Å². The molecule has 2 nitrogen and oxygen atoms in total. The lowest BCUT2D eigenvalue weighted by molar-refractivity contribution is -0.589. The molecule has 2 heteroatoms. The first kappa shape index (κ1) is 13.6. The van der Waals surface area contributed by atoms with Crippen LogP contribution in [-0.4, -0.2) is 4.57 Å². The monoisotopic (exact) mass is 276 g/mol. The average Bonchev–Trinajstić information content (AvgIpc) is 2.88. The quantitative estimate of drug-likeness (QED) is 0.495. The molecular weight excluding hydrogens is 256 g/mol. The first-order valence-corrected chi connectivity index (χ1v) is 7.25.